The Bertz CT molecular complexity index is 1310. The van der Waals surface area contributed by atoms with Crippen molar-refractivity contribution in [1.82, 2.24) is 19.7 Å². The number of imidazole rings is 1. The number of hydrogen-bond donors (Lipinski definition) is 3. The maximum Gasteiger partial charge on any atom is 0.387 e. The summed E-state index contributed by atoms with van der Waals surface area (Å²) in [7, 11) is 0. The van der Waals surface area contributed by atoms with Crippen LogP contribution < -0.4 is 21.1 Å². The SMILES string of the molecule is Cc1cc(Nc2nccn3c(-c4ccc(OC(F)F)cc4)cnc23)ccc1C(=O)N[C@H](C)CN. The van der Waals surface area contributed by atoms with Crippen LogP contribution in [0, 0.1) is 6.92 Å². The Hall–Kier alpha value is -4.05. The molecule has 8 nitrogen and oxygen atoms in total. The Labute approximate surface area is 194 Å². The van der Waals surface area contributed by atoms with Gasteiger partial charge in [0.25, 0.3) is 5.91 Å². The fraction of sp³-hybridized carbons (Fsp3) is 0.208. The Morgan fingerprint density at radius 2 is 1.94 bits per heavy atom. The summed E-state index contributed by atoms with van der Waals surface area (Å²) in [5, 5.41) is 6.11. The van der Waals surface area contributed by atoms with Crippen LogP contribution in [0.3, 0.4) is 0 Å². The molecule has 0 bridgehead atoms. The molecule has 4 aromatic rings. The average Bonchev–Trinajstić information content (AvgIpc) is 3.24. The largest absolute Gasteiger partial charge is 0.435 e. The van der Waals surface area contributed by atoms with E-state index in [0.717, 1.165) is 22.5 Å². The van der Waals surface area contributed by atoms with E-state index in [4.69, 9.17) is 5.73 Å². The summed E-state index contributed by atoms with van der Waals surface area (Å²) in [6.45, 7) is 1.19. The lowest BCUT2D eigenvalue weighted by Crippen LogP contribution is -2.38. The van der Waals surface area contributed by atoms with Crippen LogP contribution in [0.2, 0.25) is 0 Å². The zero-order chi connectivity index (χ0) is 24.2. The van der Waals surface area contributed by atoms with Crippen molar-refractivity contribution in [3.8, 4) is 17.0 Å². The molecule has 2 aromatic heterocycles. The van der Waals surface area contributed by atoms with Crippen molar-refractivity contribution in [2.45, 2.75) is 26.5 Å². The number of rotatable bonds is 8. The van der Waals surface area contributed by atoms with Gasteiger partial charge in [0, 0.05) is 41.8 Å². The van der Waals surface area contributed by atoms with Crippen LogP contribution >= 0.6 is 0 Å². The van der Waals surface area contributed by atoms with Gasteiger partial charge in [-0.15, -0.1) is 0 Å². The fourth-order valence-electron chi connectivity index (χ4n) is 3.52. The van der Waals surface area contributed by atoms with Crippen molar-refractivity contribution in [1.29, 1.82) is 0 Å². The number of carbonyl (C=O) groups excluding carboxylic acids is 1. The van der Waals surface area contributed by atoms with Crippen LogP contribution in [0.4, 0.5) is 20.3 Å². The quantitative estimate of drug-likeness (QED) is 0.361. The van der Waals surface area contributed by atoms with Crippen molar-refractivity contribution < 1.29 is 18.3 Å². The highest BCUT2D eigenvalue weighted by atomic mass is 19.3. The minimum absolute atomic E-state index is 0.0848. The highest BCUT2D eigenvalue weighted by Crippen LogP contribution is 2.27. The van der Waals surface area contributed by atoms with E-state index in [-0.39, 0.29) is 17.7 Å². The predicted octanol–water partition coefficient (Wildman–Crippen LogP) is 4.13. The number of nitrogens with zero attached hydrogens (tertiary/aromatic N) is 3. The molecule has 0 spiro atoms. The van der Waals surface area contributed by atoms with Gasteiger partial charge in [0.05, 0.1) is 11.9 Å². The van der Waals surface area contributed by atoms with Crippen LogP contribution in [-0.2, 0) is 0 Å². The minimum atomic E-state index is -2.87. The van der Waals surface area contributed by atoms with Crippen LogP contribution in [0.15, 0.2) is 61.1 Å². The molecule has 0 aliphatic carbocycles. The standard InChI is InChI=1S/C24H24F2N6O2/c1-14-11-17(5-8-19(14)23(33)30-15(2)12-27)31-21-22-29-13-20(32(22)10-9-28-21)16-3-6-18(7-4-16)34-24(25)26/h3-11,13,15,24H,12,27H2,1-2H3,(H,28,31)(H,30,33)/t15-/m1/s1. The Balaban J connectivity index is 1.57. The molecule has 1 amide bonds. The molecule has 0 saturated heterocycles. The molecule has 1 atom stereocenters. The Morgan fingerprint density at radius 1 is 1.18 bits per heavy atom. The molecule has 0 radical (unpaired) electrons. The van der Waals surface area contributed by atoms with Crippen LogP contribution in [-0.4, -0.2) is 39.5 Å². The summed E-state index contributed by atoms with van der Waals surface area (Å²) in [5.74, 6) is 0.437. The summed E-state index contributed by atoms with van der Waals surface area (Å²) in [6.07, 6.45) is 5.09. The molecule has 34 heavy (non-hydrogen) atoms. The van der Waals surface area contributed by atoms with Crippen LogP contribution in [0.25, 0.3) is 16.9 Å². The highest BCUT2D eigenvalue weighted by molar-refractivity contribution is 5.96. The second-order valence-corrected chi connectivity index (χ2v) is 7.78. The number of halogens is 2. The Morgan fingerprint density at radius 3 is 2.62 bits per heavy atom. The topological polar surface area (TPSA) is 107 Å². The number of fused-ring (bicyclic) bond motifs is 1. The number of aryl methyl sites for hydroxylation is 1. The minimum Gasteiger partial charge on any atom is -0.435 e. The number of ether oxygens (including phenoxy) is 1. The van der Waals surface area contributed by atoms with Crippen LogP contribution in [0.1, 0.15) is 22.8 Å². The lowest BCUT2D eigenvalue weighted by atomic mass is 10.1. The molecule has 0 aliphatic rings. The monoisotopic (exact) mass is 466 g/mol. The van der Waals surface area contributed by atoms with Crippen molar-refractivity contribution in [3.05, 3.63) is 72.2 Å². The van der Waals surface area contributed by atoms with Crippen molar-refractivity contribution in [3.63, 3.8) is 0 Å². The van der Waals surface area contributed by atoms with E-state index in [1.807, 2.05) is 24.3 Å². The first-order chi connectivity index (χ1) is 16.4. The van der Waals surface area contributed by atoms with E-state index >= 15 is 0 Å². The summed E-state index contributed by atoms with van der Waals surface area (Å²) in [6, 6.07) is 11.6. The van der Waals surface area contributed by atoms with E-state index < -0.39 is 6.61 Å². The molecule has 0 unspecified atom stereocenters. The first-order valence-corrected chi connectivity index (χ1v) is 10.6. The molecular formula is C24H24F2N6O2. The van der Waals surface area contributed by atoms with Gasteiger partial charge in [-0.25, -0.2) is 9.97 Å². The highest BCUT2D eigenvalue weighted by Gasteiger charge is 2.14. The first-order valence-electron chi connectivity index (χ1n) is 10.6. The summed E-state index contributed by atoms with van der Waals surface area (Å²) in [4.78, 5) is 21.3. The lowest BCUT2D eigenvalue weighted by molar-refractivity contribution is -0.0498. The van der Waals surface area contributed by atoms with Crippen molar-refractivity contribution in [2.75, 3.05) is 11.9 Å². The number of aromatic nitrogens is 3. The number of benzene rings is 2. The number of nitrogens with two attached hydrogens (primary N) is 1. The number of anilines is 2. The van der Waals surface area contributed by atoms with Gasteiger partial charge in [-0.05, 0) is 61.9 Å². The van der Waals surface area contributed by atoms with Gasteiger partial charge in [-0.3, -0.25) is 9.20 Å². The zero-order valence-corrected chi connectivity index (χ0v) is 18.6. The van der Waals surface area contributed by atoms with Gasteiger partial charge in [-0.1, -0.05) is 0 Å². The molecular weight excluding hydrogens is 442 g/mol. The third kappa shape index (κ3) is 4.96. The molecule has 0 saturated carbocycles. The van der Waals surface area contributed by atoms with E-state index in [9.17, 15) is 13.6 Å². The smallest absolute Gasteiger partial charge is 0.387 e. The second kappa shape index (κ2) is 9.84. The normalized spacial score (nSPS) is 12.1. The molecule has 0 fully saturated rings. The molecule has 10 heteroatoms. The van der Waals surface area contributed by atoms with E-state index in [1.165, 1.54) is 12.1 Å². The maximum atomic E-state index is 12.4. The Kier molecular flexibility index (Phi) is 6.69. The third-order valence-electron chi connectivity index (χ3n) is 5.27. The van der Waals surface area contributed by atoms with Gasteiger partial charge >= 0.3 is 6.61 Å². The van der Waals surface area contributed by atoms with Gasteiger partial charge in [0.15, 0.2) is 11.5 Å². The molecule has 4 N–H and O–H groups in total. The van der Waals surface area contributed by atoms with E-state index in [0.29, 0.717) is 23.6 Å². The molecule has 2 heterocycles. The van der Waals surface area contributed by atoms with Crippen molar-refractivity contribution in [2.24, 2.45) is 5.73 Å². The fourth-order valence-corrected chi connectivity index (χ4v) is 3.52. The number of amides is 1. The molecule has 0 aliphatic heterocycles. The maximum absolute atomic E-state index is 12.4. The van der Waals surface area contributed by atoms with Crippen molar-refractivity contribution >= 4 is 23.1 Å². The first kappa shape index (κ1) is 23.1. The van der Waals surface area contributed by atoms with E-state index in [2.05, 4.69) is 25.3 Å². The summed E-state index contributed by atoms with van der Waals surface area (Å²) < 4.78 is 31.1. The van der Waals surface area contributed by atoms with Gasteiger partial charge < -0.3 is 21.1 Å². The van der Waals surface area contributed by atoms with Gasteiger partial charge in [0.2, 0.25) is 0 Å². The average molecular weight is 466 g/mol. The molecule has 4 rings (SSSR count). The number of alkyl halides is 2. The number of nitrogens with one attached hydrogen (secondary N) is 2. The molecule has 176 valence electrons. The third-order valence-corrected chi connectivity index (χ3v) is 5.27. The lowest BCUT2D eigenvalue weighted by Gasteiger charge is -2.14. The van der Waals surface area contributed by atoms with E-state index in [1.54, 1.807) is 42.9 Å². The predicted molar refractivity (Wildman–Crippen MR) is 125 cm³/mol. The second-order valence-electron chi connectivity index (χ2n) is 7.78. The zero-order valence-electron chi connectivity index (χ0n) is 18.6. The number of carbonyl (C=O) groups is 1. The summed E-state index contributed by atoms with van der Waals surface area (Å²) in [5.41, 5.74) is 9.83. The summed E-state index contributed by atoms with van der Waals surface area (Å²) >= 11 is 0. The van der Waals surface area contributed by atoms with Gasteiger partial charge in [0.1, 0.15) is 5.75 Å². The van der Waals surface area contributed by atoms with Gasteiger partial charge in [-0.2, -0.15) is 8.78 Å². The molecule has 2 aromatic carbocycles. The van der Waals surface area contributed by atoms with Crippen LogP contribution in [0.5, 0.6) is 5.75 Å². The number of hydrogen-bond acceptors (Lipinski definition) is 6.